The van der Waals surface area contributed by atoms with Crippen molar-refractivity contribution >= 4 is 11.7 Å². The number of hydrogen-bond donors (Lipinski definition) is 2. The Labute approximate surface area is 86.4 Å². The topological polar surface area (TPSA) is 70.2 Å². The average Bonchev–Trinajstić information content (AvgIpc) is 2.18. The number of piperidine rings is 1. The lowest BCUT2D eigenvalue weighted by atomic mass is 9.95. The number of carbonyl (C=O) groups excluding carboxylic acids is 1. The number of likely N-dealkylation sites (tertiary alicyclic amines) is 1. The summed E-state index contributed by atoms with van der Waals surface area (Å²) in [5.41, 5.74) is 5.43. The fraction of sp³-hybridized carbons (Fsp3) is 0.800. The quantitative estimate of drug-likeness (QED) is 0.529. The first-order valence-corrected chi connectivity index (χ1v) is 5.26. The highest BCUT2D eigenvalue weighted by atomic mass is 16.2. The van der Waals surface area contributed by atoms with E-state index in [9.17, 15) is 4.79 Å². The van der Waals surface area contributed by atoms with Crippen LogP contribution in [0.25, 0.3) is 0 Å². The molecule has 0 aromatic heterocycles. The van der Waals surface area contributed by atoms with E-state index < -0.39 is 0 Å². The number of carbonyl (C=O) groups is 1. The molecule has 4 nitrogen and oxygen atoms in total. The molecule has 1 fully saturated rings. The zero-order valence-electron chi connectivity index (χ0n) is 8.75. The highest BCUT2D eigenvalue weighted by Gasteiger charge is 2.23. The van der Waals surface area contributed by atoms with E-state index in [1.807, 2.05) is 11.8 Å². The normalized spacial score (nSPS) is 18.2. The van der Waals surface area contributed by atoms with Gasteiger partial charge in [0.1, 0.15) is 0 Å². The smallest absolute Gasteiger partial charge is 0.222 e. The fourth-order valence-corrected chi connectivity index (χ4v) is 1.81. The third-order valence-corrected chi connectivity index (χ3v) is 2.75. The zero-order chi connectivity index (χ0) is 10.6. The van der Waals surface area contributed by atoms with Crippen LogP contribution in [-0.2, 0) is 4.79 Å². The van der Waals surface area contributed by atoms with Crippen molar-refractivity contribution in [1.29, 1.82) is 5.41 Å². The van der Waals surface area contributed by atoms with Crippen molar-refractivity contribution in [2.45, 2.75) is 32.6 Å². The molecule has 0 unspecified atom stereocenters. The molecule has 1 amide bonds. The molecule has 1 saturated heterocycles. The van der Waals surface area contributed by atoms with Gasteiger partial charge in [0.2, 0.25) is 5.91 Å². The summed E-state index contributed by atoms with van der Waals surface area (Å²) in [7, 11) is 0. The molecule has 1 heterocycles. The average molecular weight is 199 g/mol. The van der Waals surface area contributed by atoms with Gasteiger partial charge in [0, 0.05) is 26.9 Å². The van der Waals surface area contributed by atoms with Crippen molar-refractivity contribution in [1.82, 2.24) is 4.90 Å². The maximum absolute atomic E-state index is 11.5. The van der Waals surface area contributed by atoms with Crippen LogP contribution in [0.4, 0.5) is 0 Å². The fourth-order valence-electron chi connectivity index (χ4n) is 1.81. The van der Waals surface area contributed by atoms with Gasteiger partial charge in [0.05, 0.1) is 5.84 Å². The van der Waals surface area contributed by atoms with Crippen LogP contribution in [0.3, 0.4) is 0 Å². The lowest BCUT2D eigenvalue weighted by Crippen LogP contribution is -2.41. The van der Waals surface area contributed by atoms with Gasteiger partial charge in [-0.15, -0.1) is 0 Å². The predicted molar refractivity (Wildman–Crippen MR) is 58.2 cm³/mol. The number of rotatable bonds is 3. The standard InChI is InChI=1S/C10H19N3O.H2/c1-2-3-9(14)13-6-4-8(5-7-13)10(11)12;/h8H,2-7H2,1H3,(H3,11,12);1H. The molecule has 0 saturated carbocycles. The Morgan fingerprint density at radius 2 is 2.14 bits per heavy atom. The van der Waals surface area contributed by atoms with E-state index in [4.69, 9.17) is 11.1 Å². The van der Waals surface area contributed by atoms with Crippen molar-refractivity contribution in [3.05, 3.63) is 0 Å². The first-order chi connectivity index (χ1) is 6.65. The van der Waals surface area contributed by atoms with Crippen molar-refractivity contribution < 1.29 is 6.22 Å². The van der Waals surface area contributed by atoms with Crippen LogP contribution in [0.15, 0.2) is 0 Å². The molecular weight excluding hydrogens is 178 g/mol. The molecule has 14 heavy (non-hydrogen) atoms. The lowest BCUT2D eigenvalue weighted by molar-refractivity contribution is -0.132. The minimum Gasteiger partial charge on any atom is -0.387 e. The molecule has 3 N–H and O–H groups in total. The van der Waals surface area contributed by atoms with E-state index in [1.54, 1.807) is 0 Å². The van der Waals surface area contributed by atoms with E-state index >= 15 is 0 Å². The van der Waals surface area contributed by atoms with E-state index in [0.29, 0.717) is 6.42 Å². The Morgan fingerprint density at radius 3 is 2.57 bits per heavy atom. The van der Waals surface area contributed by atoms with Crippen LogP contribution in [0, 0.1) is 11.3 Å². The summed E-state index contributed by atoms with van der Waals surface area (Å²) in [5, 5.41) is 7.32. The highest BCUT2D eigenvalue weighted by Crippen LogP contribution is 2.17. The minimum atomic E-state index is 0. The highest BCUT2D eigenvalue weighted by molar-refractivity contribution is 5.80. The monoisotopic (exact) mass is 199 g/mol. The molecule has 0 spiro atoms. The van der Waals surface area contributed by atoms with Crippen LogP contribution in [0.5, 0.6) is 0 Å². The van der Waals surface area contributed by atoms with Crippen molar-refractivity contribution in [2.75, 3.05) is 13.1 Å². The molecule has 4 heteroatoms. The van der Waals surface area contributed by atoms with Crippen molar-refractivity contribution in [3.63, 3.8) is 0 Å². The summed E-state index contributed by atoms with van der Waals surface area (Å²) in [5.74, 6) is 0.711. The van der Waals surface area contributed by atoms with E-state index in [1.165, 1.54) is 0 Å². The van der Waals surface area contributed by atoms with Gasteiger partial charge in [-0.1, -0.05) is 6.92 Å². The third kappa shape index (κ3) is 2.72. The van der Waals surface area contributed by atoms with Gasteiger partial charge < -0.3 is 10.6 Å². The first-order valence-electron chi connectivity index (χ1n) is 5.26. The Balaban J connectivity index is 0.00000196. The number of hydrogen-bond acceptors (Lipinski definition) is 2. The molecule has 1 rings (SSSR count). The molecule has 1 aliphatic rings. The van der Waals surface area contributed by atoms with E-state index in [-0.39, 0.29) is 19.1 Å². The van der Waals surface area contributed by atoms with Crippen LogP contribution in [0.2, 0.25) is 0 Å². The summed E-state index contributed by atoms with van der Waals surface area (Å²) >= 11 is 0. The van der Waals surface area contributed by atoms with E-state index in [0.717, 1.165) is 32.4 Å². The predicted octanol–water partition coefficient (Wildman–Crippen LogP) is 1.21. The number of amidine groups is 1. The summed E-state index contributed by atoms with van der Waals surface area (Å²) in [6.07, 6.45) is 3.26. The summed E-state index contributed by atoms with van der Waals surface area (Å²) < 4.78 is 0. The second-order valence-corrected chi connectivity index (χ2v) is 3.86. The van der Waals surface area contributed by atoms with Crippen LogP contribution < -0.4 is 5.73 Å². The number of nitrogens with one attached hydrogen (secondary N) is 1. The molecule has 0 bridgehead atoms. The maximum Gasteiger partial charge on any atom is 0.222 e. The van der Waals surface area contributed by atoms with Crippen LogP contribution in [0.1, 0.15) is 34.0 Å². The molecule has 0 aromatic carbocycles. The lowest BCUT2D eigenvalue weighted by Gasteiger charge is -2.31. The number of amides is 1. The summed E-state index contributed by atoms with van der Waals surface area (Å²) in [6, 6.07) is 0. The van der Waals surface area contributed by atoms with Gasteiger partial charge in [-0.25, -0.2) is 0 Å². The van der Waals surface area contributed by atoms with E-state index in [2.05, 4.69) is 0 Å². The largest absolute Gasteiger partial charge is 0.387 e. The van der Waals surface area contributed by atoms with Gasteiger partial charge in [0.25, 0.3) is 0 Å². The number of nitrogens with zero attached hydrogens (tertiary/aromatic N) is 1. The number of nitrogens with two attached hydrogens (primary N) is 1. The Kier molecular flexibility index (Phi) is 3.92. The Hall–Kier alpha value is -1.06. The molecular formula is C10H21N3O. The summed E-state index contributed by atoms with van der Waals surface area (Å²) in [6.45, 7) is 3.55. The maximum atomic E-state index is 11.5. The van der Waals surface area contributed by atoms with Gasteiger partial charge in [0.15, 0.2) is 0 Å². The third-order valence-electron chi connectivity index (χ3n) is 2.75. The molecule has 0 radical (unpaired) electrons. The zero-order valence-corrected chi connectivity index (χ0v) is 8.75. The molecule has 0 aliphatic carbocycles. The van der Waals surface area contributed by atoms with Gasteiger partial charge in [-0.3, -0.25) is 10.2 Å². The SMILES string of the molecule is CCCC(=O)N1CCC(C(=N)N)CC1.[HH]. The van der Waals surface area contributed by atoms with Gasteiger partial charge >= 0.3 is 0 Å². The second-order valence-electron chi connectivity index (χ2n) is 3.86. The summed E-state index contributed by atoms with van der Waals surface area (Å²) in [4.78, 5) is 13.4. The minimum absolute atomic E-state index is 0. The Morgan fingerprint density at radius 1 is 1.57 bits per heavy atom. The second kappa shape index (κ2) is 4.98. The Bertz CT molecular complexity index is 225. The molecule has 0 aromatic rings. The van der Waals surface area contributed by atoms with Gasteiger partial charge in [-0.05, 0) is 19.3 Å². The van der Waals surface area contributed by atoms with Crippen LogP contribution in [-0.4, -0.2) is 29.7 Å². The molecule has 1 aliphatic heterocycles. The van der Waals surface area contributed by atoms with Crippen LogP contribution >= 0.6 is 0 Å². The molecule has 82 valence electrons. The van der Waals surface area contributed by atoms with Crippen molar-refractivity contribution in [3.8, 4) is 0 Å². The van der Waals surface area contributed by atoms with Crippen molar-refractivity contribution in [2.24, 2.45) is 11.7 Å². The molecule has 0 atom stereocenters. The first kappa shape index (κ1) is 11.0. The van der Waals surface area contributed by atoms with Gasteiger partial charge in [-0.2, -0.15) is 0 Å².